The number of fused-ring (bicyclic) bond motifs is 2. The number of hydrogen-bond donors (Lipinski definition) is 1. The van der Waals surface area contributed by atoms with Gasteiger partial charge in [0.05, 0.1) is 30.2 Å². The van der Waals surface area contributed by atoms with Gasteiger partial charge in [0.2, 0.25) is 5.76 Å². The molecule has 1 unspecified atom stereocenters. The predicted molar refractivity (Wildman–Crippen MR) is 121 cm³/mol. The highest BCUT2D eigenvalue weighted by molar-refractivity contribution is 6.31. The van der Waals surface area contributed by atoms with E-state index in [9.17, 15) is 14.7 Å². The highest BCUT2D eigenvalue weighted by Crippen LogP contribution is 2.40. The van der Waals surface area contributed by atoms with Crippen molar-refractivity contribution >= 4 is 28.5 Å². The number of carbonyl (C=O) groups is 1. The van der Waals surface area contributed by atoms with E-state index in [1.54, 1.807) is 35.2 Å². The molecule has 1 N–H and O–H groups in total. The van der Waals surface area contributed by atoms with E-state index in [0.29, 0.717) is 41.1 Å². The molecule has 2 heterocycles. The molecule has 0 spiro atoms. The van der Waals surface area contributed by atoms with Crippen LogP contribution in [0.5, 0.6) is 11.5 Å². The number of nitrogens with zero attached hydrogens (tertiary/aromatic N) is 1. The molecule has 2 aromatic carbocycles. The summed E-state index contributed by atoms with van der Waals surface area (Å²) in [5.41, 5.74) is 0.876. The van der Waals surface area contributed by atoms with Gasteiger partial charge in [-0.25, -0.2) is 0 Å². The maximum absolute atomic E-state index is 13.5. The fraction of sp³-hybridized carbons (Fsp3) is 0.333. The molecule has 0 aliphatic carbocycles. The zero-order valence-corrected chi connectivity index (χ0v) is 18.8. The van der Waals surface area contributed by atoms with Gasteiger partial charge in [0.1, 0.15) is 5.58 Å². The first-order valence-electron chi connectivity index (χ1n) is 10.4. The molecular formula is C24H24ClNO6. The van der Waals surface area contributed by atoms with Crippen molar-refractivity contribution in [2.24, 2.45) is 0 Å². The van der Waals surface area contributed by atoms with Gasteiger partial charge < -0.3 is 23.9 Å². The first kappa shape index (κ1) is 22.2. The molecule has 0 saturated carbocycles. The number of halogens is 1. The Hall–Kier alpha value is -3.03. The van der Waals surface area contributed by atoms with E-state index in [1.807, 2.05) is 13.8 Å². The van der Waals surface area contributed by atoms with Crippen LogP contribution in [0.3, 0.4) is 0 Å². The lowest BCUT2D eigenvalue weighted by atomic mass is 9.98. The molecule has 32 heavy (non-hydrogen) atoms. The summed E-state index contributed by atoms with van der Waals surface area (Å²) in [5.74, 6) is -0.128. The minimum atomic E-state index is -0.689. The first-order valence-corrected chi connectivity index (χ1v) is 10.7. The van der Waals surface area contributed by atoms with Gasteiger partial charge in [0, 0.05) is 18.2 Å². The minimum absolute atomic E-state index is 0.0200. The quantitative estimate of drug-likeness (QED) is 0.525. The van der Waals surface area contributed by atoms with Crippen LogP contribution in [0.15, 0.2) is 45.6 Å². The summed E-state index contributed by atoms with van der Waals surface area (Å²) >= 11 is 6.10. The number of amides is 1. The van der Waals surface area contributed by atoms with Crippen LogP contribution in [0.4, 0.5) is 0 Å². The summed E-state index contributed by atoms with van der Waals surface area (Å²) < 4.78 is 16.8. The Morgan fingerprint density at radius 3 is 2.69 bits per heavy atom. The smallest absolute Gasteiger partial charge is 0.290 e. The second-order valence-electron chi connectivity index (χ2n) is 7.92. The SMILES string of the molecule is COc1cc(C2c3c(oc4ccc(Cl)cc4c3=O)C(=O)N2CCCOC(C)C)ccc1O. The van der Waals surface area contributed by atoms with Crippen LogP contribution in [-0.4, -0.2) is 42.3 Å². The van der Waals surface area contributed by atoms with Gasteiger partial charge in [-0.3, -0.25) is 9.59 Å². The largest absolute Gasteiger partial charge is 0.504 e. The normalized spacial score (nSPS) is 15.6. The van der Waals surface area contributed by atoms with Gasteiger partial charge in [-0.15, -0.1) is 0 Å². The van der Waals surface area contributed by atoms with Crippen LogP contribution in [-0.2, 0) is 4.74 Å². The third kappa shape index (κ3) is 3.94. The van der Waals surface area contributed by atoms with Crippen molar-refractivity contribution in [2.75, 3.05) is 20.3 Å². The highest BCUT2D eigenvalue weighted by Gasteiger charge is 2.42. The maximum atomic E-state index is 13.5. The van der Waals surface area contributed by atoms with Crippen LogP contribution in [0.25, 0.3) is 11.0 Å². The minimum Gasteiger partial charge on any atom is -0.504 e. The monoisotopic (exact) mass is 457 g/mol. The fourth-order valence-corrected chi connectivity index (χ4v) is 4.16. The maximum Gasteiger partial charge on any atom is 0.290 e. The van der Waals surface area contributed by atoms with Crippen molar-refractivity contribution in [1.29, 1.82) is 0 Å². The number of ether oxygens (including phenoxy) is 2. The molecule has 168 valence electrons. The van der Waals surface area contributed by atoms with Gasteiger partial charge in [-0.1, -0.05) is 17.7 Å². The number of phenols is 1. The Bertz CT molecular complexity index is 1240. The van der Waals surface area contributed by atoms with Crippen LogP contribution in [0.2, 0.25) is 5.02 Å². The molecule has 1 aliphatic heterocycles. The standard InChI is InChI=1S/C24H24ClNO6/c1-13(2)31-10-4-9-26-21(14-5-7-17(27)19(11-14)30-3)20-22(28)16-12-15(25)6-8-18(16)32-23(20)24(26)29/h5-8,11-13,21,27H,4,9-10H2,1-3H3. The van der Waals surface area contributed by atoms with E-state index in [1.165, 1.54) is 13.2 Å². The van der Waals surface area contributed by atoms with E-state index < -0.39 is 6.04 Å². The van der Waals surface area contributed by atoms with Crippen LogP contribution in [0, 0.1) is 0 Å². The van der Waals surface area contributed by atoms with Crippen molar-refractivity contribution in [1.82, 2.24) is 4.90 Å². The van der Waals surface area contributed by atoms with E-state index in [2.05, 4.69) is 0 Å². The van der Waals surface area contributed by atoms with Gasteiger partial charge in [0.15, 0.2) is 16.9 Å². The van der Waals surface area contributed by atoms with Crippen molar-refractivity contribution in [3.05, 3.63) is 68.5 Å². The number of phenolic OH excluding ortho intramolecular Hbond substituents is 1. The molecule has 8 heteroatoms. The summed E-state index contributed by atoms with van der Waals surface area (Å²) in [4.78, 5) is 28.4. The number of hydrogen-bond acceptors (Lipinski definition) is 6. The Balaban J connectivity index is 1.85. The lowest BCUT2D eigenvalue weighted by Crippen LogP contribution is -2.31. The van der Waals surface area contributed by atoms with E-state index in [0.717, 1.165) is 0 Å². The first-order chi connectivity index (χ1) is 15.3. The molecule has 1 aromatic heterocycles. The van der Waals surface area contributed by atoms with Crippen molar-refractivity contribution in [3.63, 3.8) is 0 Å². The number of carbonyl (C=O) groups excluding carboxylic acids is 1. The van der Waals surface area contributed by atoms with E-state index in [-0.39, 0.29) is 40.3 Å². The zero-order valence-electron chi connectivity index (χ0n) is 18.1. The molecule has 1 atom stereocenters. The van der Waals surface area contributed by atoms with E-state index in [4.69, 9.17) is 25.5 Å². The van der Waals surface area contributed by atoms with E-state index >= 15 is 0 Å². The number of rotatable bonds is 7. The molecule has 0 fully saturated rings. The Morgan fingerprint density at radius 2 is 1.97 bits per heavy atom. The molecule has 4 rings (SSSR count). The number of methoxy groups -OCH3 is 1. The highest BCUT2D eigenvalue weighted by atomic mass is 35.5. The lowest BCUT2D eigenvalue weighted by molar-refractivity contribution is 0.0593. The molecule has 7 nitrogen and oxygen atoms in total. The van der Waals surface area contributed by atoms with Crippen molar-refractivity contribution < 1.29 is 23.8 Å². The van der Waals surface area contributed by atoms with Gasteiger partial charge >= 0.3 is 0 Å². The van der Waals surface area contributed by atoms with Gasteiger partial charge in [-0.2, -0.15) is 0 Å². The number of benzene rings is 2. The Morgan fingerprint density at radius 1 is 1.19 bits per heavy atom. The second-order valence-corrected chi connectivity index (χ2v) is 8.36. The molecule has 3 aromatic rings. The molecule has 1 amide bonds. The second kappa shape index (κ2) is 8.84. The third-order valence-corrected chi connectivity index (χ3v) is 5.68. The molecule has 0 radical (unpaired) electrons. The molecule has 0 bridgehead atoms. The average molecular weight is 458 g/mol. The third-order valence-electron chi connectivity index (χ3n) is 5.44. The summed E-state index contributed by atoms with van der Waals surface area (Å²) in [6.07, 6.45) is 0.667. The average Bonchev–Trinajstić information content (AvgIpc) is 3.04. The van der Waals surface area contributed by atoms with Crippen molar-refractivity contribution in [2.45, 2.75) is 32.4 Å². The summed E-state index contributed by atoms with van der Waals surface area (Å²) in [7, 11) is 1.44. The Labute approximate surface area is 190 Å². The molecule has 0 saturated heterocycles. The summed E-state index contributed by atoms with van der Waals surface area (Å²) in [6, 6.07) is 8.83. The number of aromatic hydroxyl groups is 1. The predicted octanol–water partition coefficient (Wildman–Crippen LogP) is 4.52. The van der Waals surface area contributed by atoms with Gasteiger partial charge in [0.25, 0.3) is 5.91 Å². The lowest BCUT2D eigenvalue weighted by Gasteiger charge is -2.25. The topological polar surface area (TPSA) is 89.2 Å². The van der Waals surface area contributed by atoms with Crippen molar-refractivity contribution in [3.8, 4) is 11.5 Å². The van der Waals surface area contributed by atoms with Crippen LogP contribution >= 0.6 is 11.6 Å². The molecular weight excluding hydrogens is 434 g/mol. The fourth-order valence-electron chi connectivity index (χ4n) is 3.99. The van der Waals surface area contributed by atoms with Crippen LogP contribution in [0.1, 0.15) is 48.0 Å². The summed E-state index contributed by atoms with van der Waals surface area (Å²) in [5, 5.41) is 10.7. The summed E-state index contributed by atoms with van der Waals surface area (Å²) in [6.45, 7) is 4.73. The Kier molecular flexibility index (Phi) is 6.13. The van der Waals surface area contributed by atoms with Crippen LogP contribution < -0.4 is 10.2 Å². The molecule has 1 aliphatic rings. The van der Waals surface area contributed by atoms with Gasteiger partial charge in [-0.05, 0) is 56.2 Å². The zero-order chi connectivity index (χ0) is 23.0.